The first-order valence-electron chi connectivity index (χ1n) is 8.23. The smallest absolute Gasteiger partial charge is 0.176 e. The number of hydrogen-bond donors (Lipinski definition) is 0. The van der Waals surface area contributed by atoms with Gasteiger partial charge in [0.1, 0.15) is 0 Å². The Morgan fingerprint density at radius 2 is 1.74 bits per heavy atom. The molecule has 0 aromatic heterocycles. The molecule has 0 saturated heterocycles. The van der Waals surface area contributed by atoms with Crippen molar-refractivity contribution in [2.24, 2.45) is 10.9 Å². The van der Waals surface area contributed by atoms with E-state index >= 15 is 0 Å². The predicted octanol–water partition coefficient (Wildman–Crippen LogP) is 3.30. The topological polar surface area (TPSA) is 49.3 Å². The Balaban J connectivity index is 2.19. The molecule has 23 heavy (non-hydrogen) atoms. The average molecular weight is 321 g/mol. The zero-order valence-corrected chi connectivity index (χ0v) is 14.5. The zero-order chi connectivity index (χ0) is 16.7. The number of nitrogens with zero attached hydrogens (tertiary/aromatic N) is 1. The Hall–Kier alpha value is -1.59. The molecule has 0 radical (unpaired) electrons. The largest absolute Gasteiger partial charge is 0.493 e. The summed E-state index contributed by atoms with van der Waals surface area (Å²) in [6.07, 6.45) is 2.08. The first kappa shape index (κ1) is 17.8. The average Bonchev–Trinajstić information content (AvgIpc) is 3.40. The summed E-state index contributed by atoms with van der Waals surface area (Å²) in [5.74, 6) is 1.98. The summed E-state index contributed by atoms with van der Waals surface area (Å²) in [6, 6.07) is 5.95. The monoisotopic (exact) mass is 321 g/mol. The van der Waals surface area contributed by atoms with E-state index in [-0.39, 0.29) is 6.29 Å². The van der Waals surface area contributed by atoms with Gasteiger partial charge in [0.2, 0.25) is 0 Å². The molecule has 0 N–H and O–H groups in total. The molecule has 0 heterocycles. The maximum atomic E-state index is 5.58. The molecule has 1 aliphatic rings. The van der Waals surface area contributed by atoms with E-state index in [0.29, 0.717) is 25.7 Å². The van der Waals surface area contributed by atoms with Crippen LogP contribution < -0.4 is 9.47 Å². The zero-order valence-electron chi connectivity index (χ0n) is 14.5. The third-order valence-electron chi connectivity index (χ3n) is 3.76. The highest BCUT2D eigenvalue weighted by atomic mass is 16.7. The molecule has 0 atom stereocenters. The minimum absolute atomic E-state index is 0.279. The first-order chi connectivity index (χ1) is 11.2. The molecule has 2 rings (SSSR count). The summed E-state index contributed by atoms with van der Waals surface area (Å²) in [7, 11) is 3.29. The van der Waals surface area contributed by atoms with Crippen LogP contribution in [-0.2, 0) is 9.47 Å². The van der Waals surface area contributed by atoms with E-state index in [1.165, 1.54) is 12.8 Å². The molecule has 0 bridgehead atoms. The Labute approximate surface area is 138 Å². The van der Waals surface area contributed by atoms with Crippen molar-refractivity contribution in [1.29, 1.82) is 0 Å². The molecule has 1 aliphatic carbocycles. The second kappa shape index (κ2) is 8.89. The lowest BCUT2D eigenvalue weighted by atomic mass is 10.1. The lowest BCUT2D eigenvalue weighted by Gasteiger charge is -2.16. The fraction of sp³-hybridized carbons (Fsp3) is 0.611. The second-order valence-electron chi connectivity index (χ2n) is 5.41. The van der Waals surface area contributed by atoms with Crippen LogP contribution in [0.25, 0.3) is 0 Å². The highest BCUT2D eigenvalue weighted by Crippen LogP contribution is 2.36. The van der Waals surface area contributed by atoms with Crippen molar-refractivity contribution in [3.8, 4) is 11.5 Å². The first-order valence-corrected chi connectivity index (χ1v) is 8.23. The van der Waals surface area contributed by atoms with E-state index in [2.05, 4.69) is 0 Å². The van der Waals surface area contributed by atoms with Gasteiger partial charge < -0.3 is 18.9 Å². The highest BCUT2D eigenvalue weighted by Gasteiger charge is 2.29. The van der Waals surface area contributed by atoms with Crippen molar-refractivity contribution < 1.29 is 18.9 Å². The lowest BCUT2D eigenvalue weighted by molar-refractivity contribution is -0.128. The summed E-state index contributed by atoms with van der Waals surface area (Å²) in [6.45, 7) is 5.68. The highest BCUT2D eigenvalue weighted by molar-refractivity contribution is 6.04. The summed E-state index contributed by atoms with van der Waals surface area (Å²) < 4.78 is 21.9. The Morgan fingerprint density at radius 1 is 1.09 bits per heavy atom. The van der Waals surface area contributed by atoms with Gasteiger partial charge in [-0.2, -0.15) is 0 Å². The second-order valence-corrected chi connectivity index (χ2v) is 5.41. The van der Waals surface area contributed by atoms with E-state index in [4.69, 9.17) is 23.9 Å². The standard InChI is InChI=1S/C18H27NO4/c1-5-22-17(23-6-2)12-19-18(13-7-8-13)14-9-10-15(20-3)16(11-14)21-4/h9-11,13,17H,5-8,12H2,1-4H3/b19-18+. The van der Waals surface area contributed by atoms with Crippen molar-refractivity contribution in [3.63, 3.8) is 0 Å². The minimum atomic E-state index is -0.279. The van der Waals surface area contributed by atoms with E-state index in [0.717, 1.165) is 22.8 Å². The molecule has 1 saturated carbocycles. The van der Waals surface area contributed by atoms with Crippen LogP contribution in [0.3, 0.4) is 0 Å². The molecule has 128 valence electrons. The Bertz CT molecular complexity index is 520. The molecule has 1 fully saturated rings. The maximum Gasteiger partial charge on any atom is 0.176 e. The van der Waals surface area contributed by atoms with Gasteiger partial charge in [-0.05, 0) is 50.5 Å². The van der Waals surface area contributed by atoms with Crippen molar-refractivity contribution in [1.82, 2.24) is 0 Å². The number of benzene rings is 1. The van der Waals surface area contributed by atoms with E-state index < -0.39 is 0 Å². The van der Waals surface area contributed by atoms with Crippen LogP contribution in [0.15, 0.2) is 23.2 Å². The third-order valence-corrected chi connectivity index (χ3v) is 3.76. The predicted molar refractivity (Wildman–Crippen MR) is 90.7 cm³/mol. The van der Waals surface area contributed by atoms with E-state index in [9.17, 15) is 0 Å². The van der Waals surface area contributed by atoms with Gasteiger partial charge in [0, 0.05) is 24.8 Å². The van der Waals surface area contributed by atoms with Crippen LogP contribution in [0.1, 0.15) is 32.3 Å². The van der Waals surface area contributed by atoms with Gasteiger partial charge in [-0.1, -0.05) is 0 Å². The number of methoxy groups -OCH3 is 2. The SMILES string of the molecule is CCOC(C/N=C(/c1ccc(OC)c(OC)c1)C1CC1)OCC. The van der Waals surface area contributed by atoms with E-state index in [1.54, 1.807) is 14.2 Å². The van der Waals surface area contributed by atoms with Crippen LogP contribution in [0.2, 0.25) is 0 Å². The van der Waals surface area contributed by atoms with Gasteiger partial charge in [-0.15, -0.1) is 0 Å². The van der Waals surface area contributed by atoms with Crippen LogP contribution in [0.4, 0.5) is 0 Å². The molecule has 1 aromatic carbocycles. The Morgan fingerprint density at radius 3 is 2.26 bits per heavy atom. The van der Waals surface area contributed by atoms with Gasteiger partial charge in [0.25, 0.3) is 0 Å². The van der Waals surface area contributed by atoms with Crippen molar-refractivity contribution in [3.05, 3.63) is 23.8 Å². The lowest BCUT2D eigenvalue weighted by Crippen LogP contribution is -2.22. The number of hydrogen-bond acceptors (Lipinski definition) is 5. The van der Waals surface area contributed by atoms with Gasteiger partial charge >= 0.3 is 0 Å². The van der Waals surface area contributed by atoms with Crippen LogP contribution in [0, 0.1) is 5.92 Å². The third kappa shape index (κ3) is 4.94. The van der Waals surface area contributed by atoms with Crippen LogP contribution >= 0.6 is 0 Å². The van der Waals surface area contributed by atoms with E-state index in [1.807, 2.05) is 32.0 Å². The number of aliphatic imine (C=N–C) groups is 1. The molecule has 5 heteroatoms. The van der Waals surface area contributed by atoms with Crippen molar-refractivity contribution >= 4 is 5.71 Å². The molecule has 5 nitrogen and oxygen atoms in total. The quantitative estimate of drug-likeness (QED) is 0.490. The summed E-state index contributed by atoms with van der Waals surface area (Å²) in [4.78, 5) is 4.79. The Kier molecular flexibility index (Phi) is 6.86. The van der Waals surface area contributed by atoms with Crippen molar-refractivity contribution in [2.75, 3.05) is 34.0 Å². The normalized spacial score (nSPS) is 15.1. The summed E-state index contributed by atoms with van der Waals surface area (Å²) in [5, 5.41) is 0. The summed E-state index contributed by atoms with van der Waals surface area (Å²) >= 11 is 0. The molecule has 0 spiro atoms. The number of ether oxygens (including phenoxy) is 4. The summed E-state index contributed by atoms with van der Waals surface area (Å²) in [5.41, 5.74) is 2.19. The molecule has 1 aromatic rings. The van der Waals surface area contributed by atoms with Gasteiger partial charge in [-0.25, -0.2) is 0 Å². The van der Waals surface area contributed by atoms with Crippen molar-refractivity contribution in [2.45, 2.75) is 33.0 Å². The van der Waals surface area contributed by atoms with Gasteiger partial charge in [0.15, 0.2) is 17.8 Å². The fourth-order valence-corrected chi connectivity index (χ4v) is 2.51. The van der Waals surface area contributed by atoms with Crippen LogP contribution in [-0.4, -0.2) is 46.0 Å². The van der Waals surface area contributed by atoms with Crippen LogP contribution in [0.5, 0.6) is 11.5 Å². The van der Waals surface area contributed by atoms with Gasteiger partial charge in [-0.3, -0.25) is 4.99 Å². The molecular formula is C18H27NO4. The van der Waals surface area contributed by atoms with Gasteiger partial charge in [0.05, 0.1) is 20.8 Å². The molecule has 0 amide bonds. The molecule has 0 aliphatic heterocycles. The molecular weight excluding hydrogens is 294 g/mol. The maximum absolute atomic E-state index is 5.58. The molecule has 0 unspecified atom stereocenters. The fourth-order valence-electron chi connectivity index (χ4n) is 2.51. The number of rotatable bonds is 10. The minimum Gasteiger partial charge on any atom is -0.493 e.